The summed E-state index contributed by atoms with van der Waals surface area (Å²) < 4.78 is 13.2. The molecule has 7 nitrogen and oxygen atoms in total. The molecular weight excluding hydrogens is 435 g/mol. The number of carbonyl (C=O) groups is 3. The van der Waals surface area contributed by atoms with Crippen LogP contribution in [0.4, 0.5) is 21.5 Å². The molecule has 1 aliphatic rings. The second-order valence-corrected chi connectivity index (χ2v) is 8.09. The highest BCUT2D eigenvalue weighted by Crippen LogP contribution is 2.33. The Morgan fingerprint density at radius 1 is 0.912 bits per heavy atom. The van der Waals surface area contributed by atoms with Crippen LogP contribution in [0.3, 0.4) is 0 Å². The van der Waals surface area contributed by atoms with Crippen molar-refractivity contribution < 1.29 is 18.8 Å². The molecule has 0 spiro atoms. The summed E-state index contributed by atoms with van der Waals surface area (Å²) in [7, 11) is 0. The van der Waals surface area contributed by atoms with E-state index in [0.717, 1.165) is 36.3 Å². The maximum absolute atomic E-state index is 13.2. The Bertz CT molecular complexity index is 1210. The van der Waals surface area contributed by atoms with Crippen LogP contribution in [0.1, 0.15) is 39.1 Å². The van der Waals surface area contributed by atoms with Gasteiger partial charge in [-0.2, -0.15) is 0 Å². The number of hydrogen-bond acceptors (Lipinski definition) is 4. The smallest absolute Gasteiger partial charge is 0.255 e. The number of halogens is 1. The first-order valence-corrected chi connectivity index (χ1v) is 11.0. The maximum atomic E-state index is 13.2. The van der Waals surface area contributed by atoms with E-state index >= 15 is 0 Å². The van der Waals surface area contributed by atoms with Gasteiger partial charge in [0.25, 0.3) is 5.91 Å². The summed E-state index contributed by atoms with van der Waals surface area (Å²) in [6.07, 6.45) is 1.99. The van der Waals surface area contributed by atoms with Crippen molar-refractivity contribution in [2.45, 2.75) is 19.3 Å². The first-order chi connectivity index (χ1) is 16.4. The van der Waals surface area contributed by atoms with Crippen LogP contribution < -0.4 is 21.3 Å². The van der Waals surface area contributed by atoms with Crippen LogP contribution in [0.25, 0.3) is 0 Å². The van der Waals surface area contributed by atoms with Crippen molar-refractivity contribution in [1.82, 2.24) is 0 Å². The Labute approximate surface area is 196 Å². The number of nitrogens with one attached hydrogen (secondary N) is 2. The number of rotatable bonds is 7. The van der Waals surface area contributed by atoms with Crippen molar-refractivity contribution >= 4 is 34.8 Å². The fourth-order valence-corrected chi connectivity index (χ4v) is 4.02. The number of hydrogen-bond donors (Lipinski definition) is 3. The molecule has 0 aliphatic carbocycles. The van der Waals surface area contributed by atoms with Gasteiger partial charge in [-0.3, -0.25) is 14.4 Å². The highest BCUT2D eigenvalue weighted by atomic mass is 19.1. The van der Waals surface area contributed by atoms with E-state index in [1.807, 2.05) is 18.2 Å². The van der Waals surface area contributed by atoms with Gasteiger partial charge in [0.1, 0.15) is 5.82 Å². The average Bonchev–Trinajstić information content (AvgIpc) is 2.83. The van der Waals surface area contributed by atoms with Crippen LogP contribution in [-0.2, 0) is 11.2 Å². The van der Waals surface area contributed by atoms with E-state index in [0.29, 0.717) is 23.4 Å². The first kappa shape index (κ1) is 23.0. The second kappa shape index (κ2) is 10.2. The first-order valence-electron chi connectivity index (χ1n) is 11.0. The Hall–Kier alpha value is -4.20. The van der Waals surface area contributed by atoms with Crippen molar-refractivity contribution in [3.8, 4) is 0 Å². The van der Waals surface area contributed by atoms with Crippen LogP contribution >= 0.6 is 0 Å². The minimum absolute atomic E-state index is 0.139. The third-order valence-corrected chi connectivity index (χ3v) is 5.76. The Morgan fingerprint density at radius 2 is 1.62 bits per heavy atom. The number of carbonyl (C=O) groups excluding carboxylic acids is 3. The van der Waals surface area contributed by atoms with Gasteiger partial charge in [-0.1, -0.05) is 6.07 Å². The van der Waals surface area contributed by atoms with E-state index < -0.39 is 11.7 Å². The summed E-state index contributed by atoms with van der Waals surface area (Å²) in [5.41, 5.74) is 9.32. The molecule has 0 atom stereocenters. The third kappa shape index (κ3) is 5.40. The van der Waals surface area contributed by atoms with Crippen molar-refractivity contribution in [2.24, 2.45) is 5.73 Å². The predicted molar refractivity (Wildman–Crippen MR) is 130 cm³/mol. The van der Waals surface area contributed by atoms with Crippen LogP contribution in [-0.4, -0.2) is 30.8 Å². The predicted octanol–water partition coefficient (Wildman–Crippen LogP) is 3.96. The number of anilines is 3. The van der Waals surface area contributed by atoms with E-state index in [2.05, 4.69) is 15.5 Å². The van der Waals surface area contributed by atoms with E-state index in [4.69, 9.17) is 5.73 Å². The molecule has 0 aromatic heterocycles. The van der Waals surface area contributed by atoms with E-state index in [9.17, 15) is 18.8 Å². The second-order valence-electron chi connectivity index (χ2n) is 8.09. The van der Waals surface area contributed by atoms with Crippen LogP contribution in [0.2, 0.25) is 0 Å². The molecule has 8 heteroatoms. The normalized spacial score (nSPS) is 12.6. The Balaban J connectivity index is 1.40. The number of benzene rings is 3. The maximum Gasteiger partial charge on any atom is 0.255 e. The van der Waals surface area contributed by atoms with Gasteiger partial charge >= 0.3 is 0 Å². The summed E-state index contributed by atoms with van der Waals surface area (Å²) in [4.78, 5) is 38.4. The SMILES string of the molecule is NC(=O)c1ccc(NC(=O)CCN2CCCc3c(NC(=O)c4ccc(F)cc4)cccc32)cc1. The van der Waals surface area contributed by atoms with Gasteiger partial charge in [0, 0.05) is 47.7 Å². The molecule has 0 saturated heterocycles. The van der Waals surface area contributed by atoms with Crippen LogP contribution in [0.15, 0.2) is 66.7 Å². The van der Waals surface area contributed by atoms with Crippen LogP contribution in [0, 0.1) is 5.82 Å². The molecule has 0 radical (unpaired) electrons. The summed E-state index contributed by atoms with van der Waals surface area (Å²) in [5.74, 6) is -1.35. The third-order valence-electron chi connectivity index (χ3n) is 5.76. The summed E-state index contributed by atoms with van der Waals surface area (Å²) in [6, 6.07) is 17.6. The lowest BCUT2D eigenvalue weighted by Crippen LogP contribution is -2.33. The molecule has 3 aromatic carbocycles. The lowest BCUT2D eigenvalue weighted by atomic mass is 9.99. The molecule has 0 bridgehead atoms. The van der Waals surface area contributed by atoms with E-state index in [1.165, 1.54) is 24.3 Å². The van der Waals surface area contributed by atoms with Gasteiger partial charge in [-0.05, 0) is 79.1 Å². The Morgan fingerprint density at radius 3 is 2.32 bits per heavy atom. The van der Waals surface area contributed by atoms with Gasteiger partial charge in [-0.25, -0.2) is 4.39 Å². The fourth-order valence-electron chi connectivity index (χ4n) is 4.02. The minimum Gasteiger partial charge on any atom is -0.371 e. The molecule has 0 unspecified atom stereocenters. The Kier molecular flexibility index (Phi) is 6.87. The lowest BCUT2D eigenvalue weighted by molar-refractivity contribution is -0.116. The van der Waals surface area contributed by atoms with Gasteiger partial charge in [-0.15, -0.1) is 0 Å². The summed E-state index contributed by atoms with van der Waals surface area (Å²) in [6.45, 7) is 1.33. The molecule has 174 valence electrons. The molecular formula is C26H25FN4O3. The van der Waals surface area contributed by atoms with Crippen LogP contribution in [0.5, 0.6) is 0 Å². The van der Waals surface area contributed by atoms with Crippen molar-refractivity contribution in [3.63, 3.8) is 0 Å². The van der Waals surface area contributed by atoms with E-state index in [1.54, 1.807) is 24.3 Å². The molecule has 34 heavy (non-hydrogen) atoms. The quantitative estimate of drug-likeness (QED) is 0.496. The number of primary amides is 1. The molecule has 4 rings (SSSR count). The van der Waals surface area contributed by atoms with Crippen molar-refractivity contribution in [2.75, 3.05) is 28.6 Å². The fraction of sp³-hybridized carbons (Fsp3) is 0.192. The summed E-state index contributed by atoms with van der Waals surface area (Å²) in [5, 5.41) is 5.77. The van der Waals surface area contributed by atoms with Crippen molar-refractivity contribution in [3.05, 3.63) is 89.2 Å². The van der Waals surface area contributed by atoms with Crippen molar-refractivity contribution in [1.29, 1.82) is 0 Å². The van der Waals surface area contributed by atoms with Gasteiger partial charge in [0.05, 0.1) is 0 Å². The van der Waals surface area contributed by atoms with E-state index in [-0.39, 0.29) is 18.2 Å². The standard InChI is InChI=1S/C26H25FN4O3/c27-19-10-6-18(7-11-19)26(34)30-22-4-1-5-23-21(22)3-2-15-31(23)16-14-24(32)29-20-12-8-17(9-13-20)25(28)33/h1,4-13H,2-3,14-16H2,(H2,28,33)(H,29,32)(H,30,34). The number of amides is 3. The highest BCUT2D eigenvalue weighted by Gasteiger charge is 2.21. The largest absolute Gasteiger partial charge is 0.371 e. The number of fused-ring (bicyclic) bond motifs is 1. The molecule has 3 amide bonds. The molecule has 1 heterocycles. The summed E-state index contributed by atoms with van der Waals surface area (Å²) >= 11 is 0. The highest BCUT2D eigenvalue weighted by molar-refractivity contribution is 6.05. The number of nitrogens with two attached hydrogens (primary N) is 1. The van der Waals surface area contributed by atoms with Gasteiger partial charge in [0.2, 0.25) is 11.8 Å². The average molecular weight is 461 g/mol. The van der Waals surface area contributed by atoms with Gasteiger partial charge < -0.3 is 21.3 Å². The molecule has 3 aromatic rings. The topological polar surface area (TPSA) is 105 Å². The van der Waals surface area contributed by atoms with Gasteiger partial charge in [0.15, 0.2) is 0 Å². The monoisotopic (exact) mass is 460 g/mol. The zero-order valence-electron chi connectivity index (χ0n) is 18.5. The zero-order valence-corrected chi connectivity index (χ0v) is 18.5. The minimum atomic E-state index is -0.519. The number of nitrogens with zero attached hydrogens (tertiary/aromatic N) is 1. The molecule has 0 fully saturated rings. The zero-order chi connectivity index (χ0) is 24.1. The molecule has 4 N–H and O–H groups in total. The molecule has 1 aliphatic heterocycles. The lowest BCUT2D eigenvalue weighted by Gasteiger charge is -2.32. The molecule has 0 saturated carbocycles.